The largest absolute Gasteiger partial charge is 0.353 e. The summed E-state index contributed by atoms with van der Waals surface area (Å²) < 4.78 is 1.66. The van der Waals surface area contributed by atoms with Crippen LogP contribution in [-0.2, 0) is 6.42 Å². The topological polar surface area (TPSA) is 70.9 Å². The zero-order valence-electron chi connectivity index (χ0n) is 10.2. The molecule has 0 spiro atoms. The second-order valence-corrected chi connectivity index (χ2v) is 4.59. The lowest BCUT2D eigenvalue weighted by molar-refractivity contribution is 0.809. The van der Waals surface area contributed by atoms with Gasteiger partial charge in [-0.05, 0) is 18.6 Å². The summed E-state index contributed by atoms with van der Waals surface area (Å²) in [6.45, 7) is 0.797. The molecule has 6 nitrogen and oxygen atoms in total. The molecule has 0 aromatic carbocycles. The number of imidazole rings is 1. The lowest BCUT2D eigenvalue weighted by Crippen LogP contribution is -2.05. The quantitative estimate of drug-likeness (QED) is 0.701. The van der Waals surface area contributed by atoms with E-state index in [4.69, 9.17) is 11.6 Å². The van der Waals surface area contributed by atoms with Crippen LogP contribution >= 0.6 is 11.6 Å². The van der Waals surface area contributed by atoms with E-state index in [-0.39, 0.29) is 0 Å². The Morgan fingerprint density at radius 1 is 1.37 bits per heavy atom. The molecular formula is C12H13ClN6. The maximum Gasteiger partial charge on any atom is 0.243 e. The van der Waals surface area contributed by atoms with Crippen molar-refractivity contribution in [2.45, 2.75) is 12.8 Å². The highest BCUT2D eigenvalue weighted by Gasteiger charge is 2.03. The number of aromatic amines is 1. The highest BCUT2D eigenvalue weighted by Crippen LogP contribution is 2.11. The molecule has 0 radical (unpaired) electrons. The van der Waals surface area contributed by atoms with Crippen LogP contribution in [0.2, 0.25) is 5.02 Å². The first-order chi connectivity index (χ1) is 9.31. The van der Waals surface area contributed by atoms with Gasteiger partial charge in [0.1, 0.15) is 5.82 Å². The van der Waals surface area contributed by atoms with Crippen LogP contribution < -0.4 is 5.32 Å². The Balaban J connectivity index is 1.56. The lowest BCUT2D eigenvalue weighted by atomic mass is 10.3. The summed E-state index contributed by atoms with van der Waals surface area (Å²) in [5, 5.41) is 8.12. The van der Waals surface area contributed by atoms with Crippen LogP contribution in [0, 0.1) is 0 Å². The van der Waals surface area contributed by atoms with Crippen molar-refractivity contribution in [1.29, 1.82) is 0 Å². The summed E-state index contributed by atoms with van der Waals surface area (Å²) in [5.74, 6) is 1.61. The zero-order valence-corrected chi connectivity index (χ0v) is 10.9. The smallest absolute Gasteiger partial charge is 0.243 e. The molecule has 0 saturated carbocycles. The van der Waals surface area contributed by atoms with Crippen LogP contribution in [0.3, 0.4) is 0 Å². The van der Waals surface area contributed by atoms with Crippen molar-refractivity contribution < 1.29 is 0 Å². The summed E-state index contributed by atoms with van der Waals surface area (Å²) in [4.78, 5) is 11.6. The van der Waals surface area contributed by atoms with Crippen molar-refractivity contribution in [3.05, 3.63) is 41.6 Å². The average molecular weight is 277 g/mol. The summed E-state index contributed by atoms with van der Waals surface area (Å²) in [7, 11) is 0. The van der Waals surface area contributed by atoms with Crippen molar-refractivity contribution in [2.24, 2.45) is 0 Å². The van der Waals surface area contributed by atoms with Crippen LogP contribution in [-0.4, -0.2) is 31.1 Å². The van der Waals surface area contributed by atoms with Gasteiger partial charge in [-0.25, -0.2) is 9.50 Å². The predicted molar refractivity (Wildman–Crippen MR) is 73.4 cm³/mol. The second kappa shape index (κ2) is 5.27. The minimum absolute atomic E-state index is 0.613. The first-order valence-corrected chi connectivity index (χ1v) is 6.43. The molecule has 0 aliphatic rings. The van der Waals surface area contributed by atoms with Gasteiger partial charge < -0.3 is 10.3 Å². The van der Waals surface area contributed by atoms with E-state index in [9.17, 15) is 0 Å². The van der Waals surface area contributed by atoms with Gasteiger partial charge in [0.15, 0.2) is 5.65 Å². The summed E-state index contributed by atoms with van der Waals surface area (Å²) >= 11 is 5.89. The van der Waals surface area contributed by atoms with E-state index >= 15 is 0 Å². The van der Waals surface area contributed by atoms with Gasteiger partial charge in [-0.15, -0.1) is 5.10 Å². The molecule has 3 rings (SSSR count). The molecule has 0 unspecified atom stereocenters. The maximum atomic E-state index is 5.89. The van der Waals surface area contributed by atoms with Crippen LogP contribution in [0.1, 0.15) is 12.2 Å². The van der Waals surface area contributed by atoms with Gasteiger partial charge in [-0.2, -0.15) is 4.98 Å². The number of aryl methyl sites for hydroxylation is 1. The minimum Gasteiger partial charge on any atom is -0.353 e. The Bertz CT molecular complexity index is 660. The third-order valence-electron chi connectivity index (χ3n) is 2.72. The summed E-state index contributed by atoms with van der Waals surface area (Å²) in [5.41, 5.74) is 0.776. The van der Waals surface area contributed by atoms with E-state index in [0.717, 1.165) is 30.9 Å². The molecular weight excluding hydrogens is 264 g/mol. The fraction of sp³-hybridized carbons (Fsp3) is 0.250. The van der Waals surface area contributed by atoms with Crippen LogP contribution in [0.4, 0.5) is 5.95 Å². The van der Waals surface area contributed by atoms with Gasteiger partial charge in [0.25, 0.3) is 0 Å². The molecule has 3 heterocycles. The van der Waals surface area contributed by atoms with Crippen LogP contribution in [0.5, 0.6) is 0 Å². The number of nitrogens with one attached hydrogen (secondary N) is 2. The number of rotatable bonds is 5. The predicted octanol–water partition coefficient (Wildman–Crippen LogP) is 2.15. The Kier molecular flexibility index (Phi) is 3.33. The third kappa shape index (κ3) is 2.85. The zero-order chi connectivity index (χ0) is 13.1. The number of hydrogen-bond donors (Lipinski definition) is 2. The van der Waals surface area contributed by atoms with E-state index in [0.29, 0.717) is 11.0 Å². The van der Waals surface area contributed by atoms with E-state index in [1.807, 2.05) is 12.3 Å². The summed E-state index contributed by atoms with van der Waals surface area (Å²) in [6, 6.07) is 3.63. The van der Waals surface area contributed by atoms with E-state index in [1.54, 1.807) is 23.0 Å². The first-order valence-electron chi connectivity index (χ1n) is 6.05. The number of aromatic nitrogens is 5. The molecule has 3 aromatic rings. The molecule has 0 aliphatic carbocycles. The highest BCUT2D eigenvalue weighted by atomic mass is 35.5. The molecule has 7 heteroatoms. The van der Waals surface area contributed by atoms with Crippen molar-refractivity contribution in [2.75, 3.05) is 11.9 Å². The molecule has 0 amide bonds. The highest BCUT2D eigenvalue weighted by molar-refractivity contribution is 6.30. The molecule has 0 atom stereocenters. The summed E-state index contributed by atoms with van der Waals surface area (Å²) in [6.07, 6.45) is 7.19. The van der Waals surface area contributed by atoms with Gasteiger partial charge in [-0.3, -0.25) is 0 Å². The fourth-order valence-corrected chi connectivity index (χ4v) is 1.98. The lowest BCUT2D eigenvalue weighted by Gasteiger charge is -1.99. The molecule has 3 aromatic heterocycles. The maximum absolute atomic E-state index is 5.89. The van der Waals surface area contributed by atoms with Gasteiger partial charge in [0, 0.05) is 31.6 Å². The third-order valence-corrected chi connectivity index (χ3v) is 2.95. The molecule has 19 heavy (non-hydrogen) atoms. The number of H-pyrrole nitrogens is 1. The number of nitrogens with zero attached hydrogens (tertiary/aromatic N) is 4. The van der Waals surface area contributed by atoms with E-state index in [1.165, 1.54) is 0 Å². The Morgan fingerprint density at radius 2 is 2.32 bits per heavy atom. The minimum atomic E-state index is 0.613. The molecule has 2 N–H and O–H groups in total. The normalized spacial score (nSPS) is 11.0. The molecule has 0 aliphatic heterocycles. The average Bonchev–Trinajstić information content (AvgIpc) is 3.02. The standard InChI is InChI=1S/C12H13ClN6/c13-9-3-4-11-17-12(18-19(11)8-9)16-5-1-2-10-14-6-7-15-10/h3-4,6-8H,1-2,5H2,(H,14,15)(H,16,18). The van der Waals surface area contributed by atoms with Crippen molar-refractivity contribution in [3.8, 4) is 0 Å². The van der Waals surface area contributed by atoms with Crippen LogP contribution in [0.25, 0.3) is 5.65 Å². The molecule has 0 fully saturated rings. The second-order valence-electron chi connectivity index (χ2n) is 4.15. The Hall–Kier alpha value is -2.08. The van der Waals surface area contributed by atoms with Gasteiger partial charge in [0.2, 0.25) is 5.95 Å². The number of halogens is 1. The van der Waals surface area contributed by atoms with Crippen molar-refractivity contribution in [1.82, 2.24) is 24.6 Å². The first kappa shape index (κ1) is 12.0. The number of fused-ring (bicyclic) bond motifs is 1. The number of hydrogen-bond acceptors (Lipinski definition) is 4. The van der Waals surface area contributed by atoms with Gasteiger partial charge >= 0.3 is 0 Å². The molecule has 0 saturated heterocycles. The molecule has 0 bridgehead atoms. The van der Waals surface area contributed by atoms with Crippen molar-refractivity contribution >= 4 is 23.2 Å². The monoisotopic (exact) mass is 276 g/mol. The molecule has 98 valence electrons. The number of anilines is 1. The van der Waals surface area contributed by atoms with E-state index < -0.39 is 0 Å². The van der Waals surface area contributed by atoms with Gasteiger partial charge in [0.05, 0.1) is 5.02 Å². The van der Waals surface area contributed by atoms with Crippen molar-refractivity contribution in [3.63, 3.8) is 0 Å². The Labute approximate surface area is 114 Å². The fourth-order valence-electron chi connectivity index (χ4n) is 1.82. The van der Waals surface area contributed by atoms with Gasteiger partial charge in [-0.1, -0.05) is 11.6 Å². The Morgan fingerprint density at radius 3 is 3.16 bits per heavy atom. The SMILES string of the molecule is Clc1ccc2nc(NCCCc3ncc[nH]3)nn2c1. The van der Waals surface area contributed by atoms with E-state index in [2.05, 4.69) is 25.4 Å². The van der Waals surface area contributed by atoms with Crippen LogP contribution in [0.15, 0.2) is 30.7 Å². The number of pyridine rings is 1.